The summed E-state index contributed by atoms with van der Waals surface area (Å²) in [6.45, 7) is 4.02. The number of fused-ring (bicyclic) bond motifs is 7. The Labute approximate surface area is 323 Å². The molecule has 0 radical (unpaired) electrons. The minimum Gasteiger partial charge on any atom is -0.497 e. The first-order chi connectivity index (χ1) is 26.5. The monoisotopic (exact) mass is 765 g/mol. The Kier molecular flexibility index (Phi) is 9.17. The van der Waals surface area contributed by atoms with Crippen LogP contribution < -0.4 is 14.8 Å². The van der Waals surface area contributed by atoms with E-state index >= 15 is 0 Å². The normalized spacial score (nSPS) is 21.5. The third kappa shape index (κ3) is 6.09. The summed E-state index contributed by atoms with van der Waals surface area (Å²) in [6.07, 6.45) is 13.0. The Bertz CT molecular complexity index is 2330. The summed E-state index contributed by atoms with van der Waals surface area (Å²) in [4.78, 5) is 30.7. The van der Waals surface area contributed by atoms with E-state index in [1.807, 2.05) is 25.1 Å². The second kappa shape index (κ2) is 13.9. The second-order valence-corrected chi connectivity index (χ2v) is 18.2. The lowest BCUT2D eigenvalue weighted by Crippen LogP contribution is -2.54. The number of carbonyl (C=O) groups excluding carboxylic acids is 2. The van der Waals surface area contributed by atoms with E-state index in [0.717, 1.165) is 126 Å². The van der Waals surface area contributed by atoms with Crippen LogP contribution in [0.2, 0.25) is 0 Å². The fourth-order valence-electron chi connectivity index (χ4n) is 9.84. The van der Waals surface area contributed by atoms with Crippen molar-refractivity contribution >= 4 is 44.6 Å². The molecular weight excluding hydrogens is 715 g/mol. The van der Waals surface area contributed by atoms with E-state index in [4.69, 9.17) is 9.84 Å². The van der Waals surface area contributed by atoms with Gasteiger partial charge < -0.3 is 19.5 Å². The molecular formula is C42H51N7O5S. The van der Waals surface area contributed by atoms with Gasteiger partial charge in [-0.15, -0.1) is 0 Å². The molecule has 4 aromatic rings. The Morgan fingerprint density at radius 2 is 1.65 bits per heavy atom. The zero-order chi connectivity index (χ0) is 38.2. The van der Waals surface area contributed by atoms with Crippen molar-refractivity contribution in [3.05, 3.63) is 70.0 Å². The Morgan fingerprint density at radius 1 is 0.909 bits per heavy atom. The SMILES string of the molecule is COc1ccc2c(c1)C=C(c1c(C(=O)N3C4CCC3CNC4)c(C)nn1C1CCC1)Cn1c-2c(C2CCCCC2)c2ccc(C(=O)NS(=O)(=O)N(C)C)cc21. The number of rotatable bonds is 8. The van der Waals surface area contributed by atoms with Crippen LogP contribution >= 0.6 is 0 Å². The summed E-state index contributed by atoms with van der Waals surface area (Å²) in [5.41, 5.74) is 8.84. The van der Waals surface area contributed by atoms with Gasteiger partial charge in [-0.25, -0.2) is 4.72 Å². The first-order valence-electron chi connectivity index (χ1n) is 20.0. The predicted octanol–water partition coefficient (Wildman–Crippen LogP) is 6.26. The molecule has 13 heteroatoms. The standard InChI is InChI=1S/C42H51N7O5S/c1-25-37(42(51)48-31-14-15-32(48)23-43-22-31)39(49(44-25)30-11-8-12-30)29-19-28-20-33(54-4)16-18-34(28)40-38(26-9-6-5-7-10-26)35-17-13-27(21-36(35)47(40)24-29)41(50)45-55(52,53)46(2)3/h13,16-21,26,30-32,43H,5-12,14-15,22-24H2,1-4H3,(H,45,50). The van der Waals surface area contributed by atoms with Gasteiger partial charge in [-0.05, 0) is 111 Å². The van der Waals surface area contributed by atoms with Crippen LogP contribution in [0.25, 0.3) is 33.8 Å². The fraction of sp³-hybridized carbons (Fsp3) is 0.500. The first kappa shape index (κ1) is 36.2. The van der Waals surface area contributed by atoms with Crippen LogP contribution in [-0.2, 0) is 16.8 Å². The largest absolute Gasteiger partial charge is 0.497 e. The molecule has 2 atom stereocenters. The summed E-state index contributed by atoms with van der Waals surface area (Å²) >= 11 is 0. The van der Waals surface area contributed by atoms with Gasteiger partial charge in [0.1, 0.15) is 5.75 Å². The number of methoxy groups -OCH3 is 1. The van der Waals surface area contributed by atoms with Crippen LogP contribution in [0.3, 0.4) is 0 Å². The smallest absolute Gasteiger partial charge is 0.303 e. The second-order valence-electron chi connectivity index (χ2n) is 16.4. The zero-order valence-electron chi connectivity index (χ0n) is 32.2. The molecule has 2 saturated heterocycles. The van der Waals surface area contributed by atoms with Crippen LogP contribution in [0.4, 0.5) is 0 Å². The lowest BCUT2D eigenvalue weighted by Gasteiger charge is -2.35. The van der Waals surface area contributed by atoms with Gasteiger partial charge in [0.25, 0.3) is 11.8 Å². The molecule has 12 nitrogen and oxygen atoms in total. The number of nitrogens with zero attached hydrogens (tertiary/aromatic N) is 5. The van der Waals surface area contributed by atoms with Crippen molar-refractivity contribution in [2.24, 2.45) is 0 Å². The van der Waals surface area contributed by atoms with Gasteiger partial charge in [0.05, 0.1) is 42.3 Å². The Balaban J connectivity index is 1.28. The summed E-state index contributed by atoms with van der Waals surface area (Å²) < 4.78 is 39.0. The Hall–Kier alpha value is -4.46. The van der Waals surface area contributed by atoms with Crippen LogP contribution in [-0.4, -0.2) is 90.2 Å². The molecule has 2 amide bonds. The molecule has 9 rings (SSSR count). The van der Waals surface area contributed by atoms with Crippen molar-refractivity contribution in [2.75, 3.05) is 34.3 Å². The highest BCUT2D eigenvalue weighted by Gasteiger charge is 2.43. The molecule has 2 aromatic heterocycles. The lowest BCUT2D eigenvalue weighted by atomic mass is 9.81. The van der Waals surface area contributed by atoms with Crippen molar-refractivity contribution in [3.8, 4) is 17.0 Å². The number of allylic oxidation sites excluding steroid dienone is 1. The third-order valence-corrected chi connectivity index (χ3v) is 14.3. The number of hydrogen-bond donors (Lipinski definition) is 2. The van der Waals surface area contributed by atoms with Crippen LogP contribution in [0.1, 0.15) is 119 Å². The minimum atomic E-state index is -4.00. The van der Waals surface area contributed by atoms with E-state index in [2.05, 4.69) is 42.4 Å². The maximum absolute atomic E-state index is 15.0. The fourth-order valence-corrected chi connectivity index (χ4v) is 10.4. The zero-order valence-corrected chi connectivity index (χ0v) is 33.0. The lowest BCUT2D eigenvalue weighted by molar-refractivity contribution is 0.0618. The number of ether oxygens (including phenoxy) is 1. The van der Waals surface area contributed by atoms with E-state index in [9.17, 15) is 18.0 Å². The van der Waals surface area contributed by atoms with Crippen LogP contribution in [0, 0.1) is 6.92 Å². The van der Waals surface area contributed by atoms with E-state index in [1.165, 1.54) is 26.1 Å². The van der Waals surface area contributed by atoms with Crippen LogP contribution in [0.15, 0.2) is 36.4 Å². The summed E-state index contributed by atoms with van der Waals surface area (Å²) in [5.74, 6) is 0.444. The molecule has 4 fully saturated rings. The highest BCUT2D eigenvalue weighted by Crippen LogP contribution is 2.49. The molecule has 2 aromatic carbocycles. The third-order valence-electron chi connectivity index (χ3n) is 12.9. The van der Waals surface area contributed by atoms with Gasteiger partial charge in [-0.1, -0.05) is 25.3 Å². The van der Waals surface area contributed by atoms with E-state index in [1.54, 1.807) is 13.2 Å². The van der Waals surface area contributed by atoms with Gasteiger partial charge in [0.2, 0.25) is 0 Å². The number of aryl methyl sites for hydroxylation is 1. The van der Waals surface area contributed by atoms with Gasteiger partial charge >= 0.3 is 10.2 Å². The number of nitrogens with one attached hydrogen (secondary N) is 2. The van der Waals surface area contributed by atoms with Crippen molar-refractivity contribution in [2.45, 2.75) is 102 Å². The topological polar surface area (TPSA) is 131 Å². The van der Waals surface area contributed by atoms with Gasteiger partial charge in [0, 0.05) is 61.3 Å². The molecule has 290 valence electrons. The van der Waals surface area contributed by atoms with Crippen molar-refractivity contribution in [1.29, 1.82) is 0 Å². The molecule has 2 saturated carbocycles. The molecule has 2 N–H and O–H groups in total. The van der Waals surface area contributed by atoms with Crippen LogP contribution in [0.5, 0.6) is 5.75 Å². The number of hydrogen-bond acceptors (Lipinski definition) is 7. The average Bonchev–Trinajstić information content (AvgIpc) is 3.70. The molecule has 2 unspecified atom stereocenters. The maximum Gasteiger partial charge on any atom is 0.303 e. The average molecular weight is 766 g/mol. The van der Waals surface area contributed by atoms with E-state index in [-0.39, 0.29) is 29.6 Å². The highest BCUT2D eigenvalue weighted by atomic mass is 32.2. The molecule has 5 aliphatic rings. The van der Waals surface area contributed by atoms with E-state index in [0.29, 0.717) is 18.0 Å². The molecule has 5 heterocycles. The number of carbonyl (C=O) groups is 2. The Morgan fingerprint density at radius 3 is 2.33 bits per heavy atom. The van der Waals surface area contributed by atoms with Crippen molar-refractivity contribution < 1.29 is 22.7 Å². The van der Waals surface area contributed by atoms with Gasteiger partial charge in [0.15, 0.2) is 0 Å². The van der Waals surface area contributed by atoms with E-state index < -0.39 is 16.1 Å². The summed E-state index contributed by atoms with van der Waals surface area (Å²) in [7, 11) is 0.469. The molecule has 2 bridgehead atoms. The van der Waals surface area contributed by atoms with Gasteiger partial charge in [-0.2, -0.15) is 17.8 Å². The highest BCUT2D eigenvalue weighted by molar-refractivity contribution is 7.87. The molecule has 3 aliphatic heterocycles. The minimum absolute atomic E-state index is 0.0598. The molecule has 0 spiro atoms. The predicted molar refractivity (Wildman–Crippen MR) is 213 cm³/mol. The van der Waals surface area contributed by atoms with Crippen molar-refractivity contribution in [3.63, 3.8) is 0 Å². The number of piperazine rings is 1. The summed E-state index contributed by atoms with van der Waals surface area (Å²) in [5, 5.41) is 9.76. The van der Waals surface area contributed by atoms with Gasteiger partial charge in [-0.3, -0.25) is 14.3 Å². The number of aromatic nitrogens is 3. The molecule has 55 heavy (non-hydrogen) atoms. The van der Waals surface area contributed by atoms with Crippen molar-refractivity contribution in [1.82, 2.24) is 33.6 Å². The number of benzene rings is 2. The summed E-state index contributed by atoms with van der Waals surface area (Å²) in [6, 6.07) is 12.4. The molecule has 2 aliphatic carbocycles. The maximum atomic E-state index is 15.0. The number of amides is 2. The first-order valence-corrected chi connectivity index (χ1v) is 21.4. The quantitative estimate of drug-likeness (QED) is 0.217.